The Morgan fingerprint density at radius 2 is 1.70 bits per heavy atom. The van der Waals surface area contributed by atoms with Gasteiger partial charge in [-0.1, -0.05) is 24.3 Å². The van der Waals surface area contributed by atoms with Crippen LogP contribution in [0, 0.1) is 11.6 Å². The lowest BCUT2D eigenvalue weighted by atomic mass is 10.0. The average molecular weight is 274 g/mol. The van der Waals surface area contributed by atoms with Gasteiger partial charge in [0.15, 0.2) is 11.6 Å². The van der Waals surface area contributed by atoms with Crippen LogP contribution in [0.1, 0.15) is 25.7 Å². The van der Waals surface area contributed by atoms with Crippen molar-refractivity contribution < 1.29 is 13.5 Å². The molecule has 3 rings (SSSR count). The lowest BCUT2D eigenvalue weighted by Crippen LogP contribution is -2.12. The smallest absolute Gasteiger partial charge is 0.165 e. The molecule has 0 heterocycles. The molecular weight excluding hydrogens is 258 g/mol. The van der Waals surface area contributed by atoms with Crippen molar-refractivity contribution in [3.05, 3.63) is 54.1 Å². The van der Waals surface area contributed by atoms with Crippen molar-refractivity contribution in [2.45, 2.75) is 31.8 Å². The molecule has 1 fully saturated rings. The lowest BCUT2D eigenvalue weighted by Gasteiger charge is -2.17. The van der Waals surface area contributed by atoms with Crippen LogP contribution in [-0.2, 0) is 0 Å². The summed E-state index contributed by atoms with van der Waals surface area (Å²) in [6.07, 6.45) is 4.22. The van der Waals surface area contributed by atoms with E-state index < -0.39 is 5.82 Å². The molecule has 2 aromatic rings. The van der Waals surface area contributed by atoms with Crippen LogP contribution in [0.2, 0.25) is 0 Å². The number of benzene rings is 2. The maximum Gasteiger partial charge on any atom is 0.165 e. The highest BCUT2D eigenvalue weighted by atomic mass is 19.1. The van der Waals surface area contributed by atoms with E-state index in [1.165, 1.54) is 18.2 Å². The van der Waals surface area contributed by atoms with Crippen molar-refractivity contribution in [2.24, 2.45) is 0 Å². The first kappa shape index (κ1) is 13.1. The highest BCUT2D eigenvalue weighted by Gasteiger charge is 2.20. The molecule has 0 aliphatic heterocycles. The van der Waals surface area contributed by atoms with Gasteiger partial charge in [-0.05, 0) is 49.4 Å². The van der Waals surface area contributed by atoms with Crippen molar-refractivity contribution in [3.63, 3.8) is 0 Å². The van der Waals surface area contributed by atoms with Gasteiger partial charge in [0.2, 0.25) is 0 Å². The molecule has 3 heteroatoms. The van der Waals surface area contributed by atoms with E-state index in [0.717, 1.165) is 25.7 Å². The van der Waals surface area contributed by atoms with Crippen LogP contribution in [-0.4, -0.2) is 6.10 Å². The second-order valence-electron chi connectivity index (χ2n) is 5.15. The van der Waals surface area contributed by atoms with Gasteiger partial charge in [0.1, 0.15) is 5.82 Å². The van der Waals surface area contributed by atoms with Gasteiger partial charge >= 0.3 is 0 Å². The fourth-order valence-electron chi connectivity index (χ4n) is 2.68. The fourth-order valence-corrected chi connectivity index (χ4v) is 2.68. The summed E-state index contributed by atoms with van der Waals surface area (Å²) < 4.78 is 33.3. The van der Waals surface area contributed by atoms with Crippen LogP contribution in [0.5, 0.6) is 5.75 Å². The lowest BCUT2D eigenvalue weighted by molar-refractivity contribution is 0.202. The summed E-state index contributed by atoms with van der Waals surface area (Å²) in [5.74, 6) is -0.484. The van der Waals surface area contributed by atoms with Crippen LogP contribution in [0.3, 0.4) is 0 Å². The molecule has 0 radical (unpaired) electrons. The molecule has 0 spiro atoms. The predicted molar refractivity (Wildman–Crippen MR) is 74.7 cm³/mol. The molecule has 1 saturated carbocycles. The summed E-state index contributed by atoms with van der Waals surface area (Å²) in [6.45, 7) is 0. The molecule has 20 heavy (non-hydrogen) atoms. The molecule has 0 aromatic heterocycles. The topological polar surface area (TPSA) is 9.23 Å². The standard InChI is InChI=1S/C17H16F2O/c18-13-6-3-5-12(11-13)15-9-4-10-16(19)17(15)20-14-7-1-2-8-14/h3-6,9-11,14H,1-2,7-8H2. The number of ether oxygens (including phenoxy) is 1. The van der Waals surface area contributed by atoms with Crippen molar-refractivity contribution in [2.75, 3.05) is 0 Å². The Morgan fingerprint density at radius 1 is 0.950 bits per heavy atom. The van der Waals surface area contributed by atoms with Gasteiger partial charge in [0.25, 0.3) is 0 Å². The zero-order valence-corrected chi connectivity index (χ0v) is 11.1. The van der Waals surface area contributed by atoms with Gasteiger partial charge < -0.3 is 4.74 Å². The van der Waals surface area contributed by atoms with Gasteiger partial charge in [0, 0.05) is 5.56 Å². The quantitative estimate of drug-likeness (QED) is 0.769. The number of hydrogen-bond acceptors (Lipinski definition) is 1. The predicted octanol–water partition coefficient (Wildman–Crippen LogP) is 4.95. The molecular formula is C17H16F2O. The summed E-state index contributed by atoms with van der Waals surface area (Å²) in [7, 11) is 0. The summed E-state index contributed by atoms with van der Waals surface area (Å²) in [6, 6.07) is 10.9. The minimum atomic E-state index is -0.390. The van der Waals surface area contributed by atoms with Gasteiger partial charge in [-0.2, -0.15) is 0 Å². The van der Waals surface area contributed by atoms with E-state index in [9.17, 15) is 8.78 Å². The zero-order chi connectivity index (χ0) is 13.9. The molecule has 1 aliphatic rings. The maximum absolute atomic E-state index is 14.1. The molecule has 0 amide bonds. The number of rotatable bonds is 3. The first-order chi connectivity index (χ1) is 9.74. The van der Waals surface area contributed by atoms with Crippen molar-refractivity contribution in [3.8, 4) is 16.9 Å². The largest absolute Gasteiger partial charge is 0.487 e. The van der Waals surface area contributed by atoms with Gasteiger partial charge in [-0.25, -0.2) is 8.78 Å². The van der Waals surface area contributed by atoms with E-state index in [4.69, 9.17) is 4.74 Å². The van der Waals surface area contributed by atoms with Gasteiger partial charge in [-0.3, -0.25) is 0 Å². The summed E-state index contributed by atoms with van der Waals surface area (Å²) >= 11 is 0. The van der Waals surface area contributed by atoms with E-state index in [2.05, 4.69) is 0 Å². The van der Waals surface area contributed by atoms with Crippen molar-refractivity contribution >= 4 is 0 Å². The Labute approximate surface area is 117 Å². The molecule has 0 N–H and O–H groups in total. The highest BCUT2D eigenvalue weighted by molar-refractivity contribution is 5.70. The first-order valence-electron chi connectivity index (χ1n) is 6.95. The van der Waals surface area contributed by atoms with E-state index in [1.807, 2.05) is 0 Å². The Hall–Kier alpha value is -1.90. The van der Waals surface area contributed by atoms with Crippen LogP contribution in [0.25, 0.3) is 11.1 Å². The van der Waals surface area contributed by atoms with Gasteiger partial charge in [0.05, 0.1) is 6.10 Å². The zero-order valence-electron chi connectivity index (χ0n) is 11.1. The molecule has 0 bridgehead atoms. The summed E-state index contributed by atoms with van der Waals surface area (Å²) in [4.78, 5) is 0. The Balaban J connectivity index is 1.99. The average Bonchev–Trinajstić information content (AvgIpc) is 2.94. The van der Waals surface area contributed by atoms with Crippen molar-refractivity contribution in [1.82, 2.24) is 0 Å². The van der Waals surface area contributed by atoms with E-state index in [-0.39, 0.29) is 17.7 Å². The Bertz CT molecular complexity index is 604. The van der Waals surface area contributed by atoms with E-state index >= 15 is 0 Å². The minimum Gasteiger partial charge on any atom is -0.487 e. The molecule has 0 atom stereocenters. The third kappa shape index (κ3) is 2.67. The number of para-hydroxylation sites is 1. The molecule has 2 aromatic carbocycles. The molecule has 1 aliphatic carbocycles. The van der Waals surface area contributed by atoms with E-state index in [0.29, 0.717) is 11.1 Å². The molecule has 1 nitrogen and oxygen atoms in total. The highest BCUT2D eigenvalue weighted by Crippen LogP contribution is 2.35. The SMILES string of the molecule is Fc1cccc(-c2cccc(F)c2OC2CCCC2)c1. The number of hydrogen-bond donors (Lipinski definition) is 0. The third-order valence-electron chi connectivity index (χ3n) is 3.69. The fraction of sp³-hybridized carbons (Fsp3) is 0.294. The Kier molecular flexibility index (Phi) is 3.68. The molecule has 0 saturated heterocycles. The summed E-state index contributed by atoms with van der Waals surface area (Å²) in [5, 5.41) is 0. The molecule has 0 unspecified atom stereocenters. The second-order valence-corrected chi connectivity index (χ2v) is 5.15. The first-order valence-corrected chi connectivity index (χ1v) is 6.95. The Morgan fingerprint density at radius 3 is 2.45 bits per heavy atom. The van der Waals surface area contributed by atoms with Crippen LogP contribution in [0.4, 0.5) is 8.78 Å². The normalized spacial score (nSPS) is 15.5. The maximum atomic E-state index is 14.1. The summed E-state index contributed by atoms with van der Waals surface area (Å²) in [5.41, 5.74) is 1.24. The van der Waals surface area contributed by atoms with Gasteiger partial charge in [-0.15, -0.1) is 0 Å². The third-order valence-corrected chi connectivity index (χ3v) is 3.69. The second kappa shape index (κ2) is 5.61. The van der Waals surface area contributed by atoms with Crippen LogP contribution in [0.15, 0.2) is 42.5 Å². The minimum absolute atomic E-state index is 0.0687. The van der Waals surface area contributed by atoms with Crippen molar-refractivity contribution in [1.29, 1.82) is 0 Å². The molecule has 104 valence electrons. The number of halogens is 2. The van der Waals surface area contributed by atoms with E-state index in [1.54, 1.807) is 24.3 Å². The van der Waals surface area contributed by atoms with Crippen LogP contribution >= 0.6 is 0 Å². The monoisotopic (exact) mass is 274 g/mol. The van der Waals surface area contributed by atoms with Crippen LogP contribution < -0.4 is 4.74 Å².